The Morgan fingerprint density at radius 3 is 2.29 bits per heavy atom. The molecule has 21 heavy (non-hydrogen) atoms. The molecule has 112 valence electrons. The maximum atomic E-state index is 12.5. The number of hydrogen-bond acceptors (Lipinski definition) is 4. The van der Waals surface area contributed by atoms with E-state index in [0.29, 0.717) is 11.8 Å². The molecule has 2 heterocycles. The summed E-state index contributed by atoms with van der Waals surface area (Å²) in [6, 6.07) is 0. The van der Waals surface area contributed by atoms with Crippen molar-refractivity contribution in [2.75, 3.05) is 31.1 Å². The molecule has 3 aliphatic rings. The van der Waals surface area contributed by atoms with Crippen LogP contribution in [0.15, 0.2) is 16.9 Å². The van der Waals surface area contributed by atoms with Gasteiger partial charge in [-0.05, 0) is 47.0 Å². The lowest BCUT2D eigenvalue weighted by Gasteiger charge is -2.36. The summed E-state index contributed by atoms with van der Waals surface area (Å²) in [5.74, 6) is 3.20. The summed E-state index contributed by atoms with van der Waals surface area (Å²) in [7, 11) is 0. The minimum atomic E-state index is 0.309. The van der Waals surface area contributed by atoms with Crippen LogP contribution in [0.25, 0.3) is 0 Å². The van der Waals surface area contributed by atoms with Crippen LogP contribution in [-0.2, 0) is 4.79 Å². The Morgan fingerprint density at radius 2 is 1.67 bits per heavy atom. The number of carbonyl (C=O) groups is 1. The van der Waals surface area contributed by atoms with E-state index < -0.39 is 0 Å². The van der Waals surface area contributed by atoms with Gasteiger partial charge in [-0.25, -0.2) is 9.97 Å². The van der Waals surface area contributed by atoms with Gasteiger partial charge in [-0.3, -0.25) is 4.79 Å². The molecule has 0 radical (unpaired) electrons. The van der Waals surface area contributed by atoms with Crippen LogP contribution in [0.5, 0.6) is 0 Å². The van der Waals surface area contributed by atoms with E-state index >= 15 is 0 Å². The summed E-state index contributed by atoms with van der Waals surface area (Å²) >= 11 is 3.35. The fourth-order valence-corrected chi connectivity index (χ4v) is 3.97. The van der Waals surface area contributed by atoms with E-state index in [0.717, 1.165) is 61.3 Å². The second-order valence-electron chi connectivity index (χ2n) is 6.44. The van der Waals surface area contributed by atoms with Gasteiger partial charge < -0.3 is 9.80 Å². The first-order valence-corrected chi connectivity index (χ1v) is 8.51. The van der Waals surface area contributed by atoms with Crippen molar-refractivity contribution in [1.82, 2.24) is 14.9 Å². The average Bonchev–Trinajstić information content (AvgIpc) is 3.13. The van der Waals surface area contributed by atoms with Crippen LogP contribution in [0.4, 0.5) is 5.95 Å². The van der Waals surface area contributed by atoms with Crippen molar-refractivity contribution >= 4 is 27.8 Å². The molecule has 4 rings (SSSR count). The van der Waals surface area contributed by atoms with E-state index in [1.807, 2.05) is 4.90 Å². The van der Waals surface area contributed by atoms with Crippen molar-refractivity contribution in [3.63, 3.8) is 0 Å². The van der Waals surface area contributed by atoms with Gasteiger partial charge in [-0.1, -0.05) is 0 Å². The third-order valence-electron chi connectivity index (χ3n) is 5.07. The molecular weight excluding hydrogens is 332 g/mol. The first-order chi connectivity index (χ1) is 10.2. The van der Waals surface area contributed by atoms with E-state index in [1.165, 1.54) is 6.42 Å². The summed E-state index contributed by atoms with van der Waals surface area (Å²) in [5, 5.41) is 0. The Labute approximate surface area is 132 Å². The molecule has 2 unspecified atom stereocenters. The molecular formula is C15H19BrN4O. The summed E-state index contributed by atoms with van der Waals surface area (Å²) in [6.07, 6.45) is 7.19. The van der Waals surface area contributed by atoms with Crippen LogP contribution in [-0.4, -0.2) is 47.0 Å². The fourth-order valence-electron chi connectivity index (χ4n) is 3.77. The number of nitrogens with zero attached hydrogens (tertiary/aromatic N) is 4. The number of piperazine rings is 1. The third kappa shape index (κ3) is 2.65. The summed E-state index contributed by atoms with van der Waals surface area (Å²) < 4.78 is 0.889. The lowest BCUT2D eigenvalue weighted by atomic mass is 10.0. The molecule has 0 N–H and O–H groups in total. The smallest absolute Gasteiger partial charge is 0.225 e. The molecule has 1 aromatic heterocycles. The number of amides is 1. The number of fused-ring (bicyclic) bond motifs is 1. The lowest BCUT2D eigenvalue weighted by Crippen LogP contribution is -2.50. The second-order valence-corrected chi connectivity index (χ2v) is 7.35. The highest BCUT2D eigenvalue weighted by atomic mass is 79.9. The Hall–Kier alpha value is -1.17. The molecule has 2 saturated carbocycles. The SMILES string of the molecule is O=C(C1CC2CC2C1)N1CCN(c2ncc(Br)cn2)CC1. The van der Waals surface area contributed by atoms with Gasteiger partial charge in [0.1, 0.15) is 0 Å². The molecule has 0 aromatic carbocycles. The number of anilines is 1. The zero-order chi connectivity index (χ0) is 14.4. The van der Waals surface area contributed by atoms with Crippen LogP contribution < -0.4 is 4.90 Å². The summed E-state index contributed by atoms with van der Waals surface area (Å²) in [6.45, 7) is 3.24. The zero-order valence-corrected chi connectivity index (χ0v) is 13.5. The topological polar surface area (TPSA) is 49.3 Å². The van der Waals surface area contributed by atoms with Crippen molar-refractivity contribution in [2.45, 2.75) is 19.3 Å². The maximum absolute atomic E-state index is 12.5. The third-order valence-corrected chi connectivity index (χ3v) is 5.48. The molecule has 1 amide bonds. The van der Waals surface area contributed by atoms with Crippen molar-refractivity contribution in [3.8, 4) is 0 Å². The Kier molecular flexibility index (Phi) is 3.36. The lowest BCUT2D eigenvalue weighted by molar-refractivity contribution is -0.136. The van der Waals surface area contributed by atoms with E-state index in [-0.39, 0.29) is 0 Å². The molecule has 1 aliphatic heterocycles. The first-order valence-electron chi connectivity index (χ1n) is 7.72. The number of rotatable bonds is 2. The van der Waals surface area contributed by atoms with Gasteiger partial charge in [-0.15, -0.1) is 0 Å². The Morgan fingerprint density at radius 1 is 1.05 bits per heavy atom. The van der Waals surface area contributed by atoms with Crippen LogP contribution >= 0.6 is 15.9 Å². The van der Waals surface area contributed by atoms with Gasteiger partial charge >= 0.3 is 0 Å². The zero-order valence-electron chi connectivity index (χ0n) is 11.9. The van der Waals surface area contributed by atoms with Crippen molar-refractivity contribution in [2.24, 2.45) is 17.8 Å². The fraction of sp³-hybridized carbons (Fsp3) is 0.667. The molecule has 1 saturated heterocycles. The van der Waals surface area contributed by atoms with E-state index in [4.69, 9.17) is 0 Å². The number of hydrogen-bond donors (Lipinski definition) is 0. The Balaban J connectivity index is 1.33. The van der Waals surface area contributed by atoms with Gasteiger partial charge in [0.05, 0.1) is 4.47 Å². The van der Waals surface area contributed by atoms with E-state index in [1.54, 1.807) is 12.4 Å². The van der Waals surface area contributed by atoms with Gasteiger partial charge in [0.25, 0.3) is 0 Å². The quantitative estimate of drug-likeness (QED) is 0.817. The number of carbonyl (C=O) groups excluding carboxylic acids is 1. The standard InChI is InChI=1S/C15H19BrN4O/c16-13-8-17-15(18-9-13)20-3-1-19(2-4-20)14(21)12-6-10-5-11(10)7-12/h8-12H,1-7H2. The molecule has 5 nitrogen and oxygen atoms in total. The van der Waals surface area contributed by atoms with Crippen molar-refractivity contribution < 1.29 is 4.79 Å². The second kappa shape index (κ2) is 5.23. The molecule has 1 aromatic rings. The average molecular weight is 351 g/mol. The number of aromatic nitrogens is 2. The largest absolute Gasteiger partial charge is 0.339 e. The minimum Gasteiger partial charge on any atom is -0.339 e. The predicted octanol–water partition coefficient (Wildman–Crippen LogP) is 1.93. The molecule has 2 aliphatic carbocycles. The monoisotopic (exact) mass is 350 g/mol. The van der Waals surface area contributed by atoms with E-state index in [2.05, 4.69) is 30.8 Å². The highest BCUT2D eigenvalue weighted by molar-refractivity contribution is 9.10. The summed E-state index contributed by atoms with van der Waals surface area (Å²) in [4.78, 5) is 25.4. The molecule has 6 heteroatoms. The van der Waals surface area contributed by atoms with Crippen LogP contribution in [0, 0.1) is 17.8 Å². The normalized spacial score (nSPS) is 31.2. The highest BCUT2D eigenvalue weighted by Crippen LogP contribution is 2.54. The molecule has 2 atom stereocenters. The first kappa shape index (κ1) is 13.5. The van der Waals surface area contributed by atoms with Crippen LogP contribution in [0.3, 0.4) is 0 Å². The maximum Gasteiger partial charge on any atom is 0.225 e. The van der Waals surface area contributed by atoms with Gasteiger partial charge in [0.2, 0.25) is 11.9 Å². The Bertz CT molecular complexity index is 531. The highest BCUT2D eigenvalue weighted by Gasteiger charge is 2.48. The number of halogens is 1. The van der Waals surface area contributed by atoms with Crippen molar-refractivity contribution in [3.05, 3.63) is 16.9 Å². The van der Waals surface area contributed by atoms with Crippen LogP contribution in [0.1, 0.15) is 19.3 Å². The minimum absolute atomic E-state index is 0.309. The molecule has 0 bridgehead atoms. The predicted molar refractivity (Wildman–Crippen MR) is 82.8 cm³/mol. The van der Waals surface area contributed by atoms with Gasteiger partial charge in [0.15, 0.2) is 0 Å². The van der Waals surface area contributed by atoms with Gasteiger partial charge in [0, 0.05) is 44.5 Å². The van der Waals surface area contributed by atoms with E-state index in [9.17, 15) is 4.79 Å². The van der Waals surface area contributed by atoms with Gasteiger partial charge in [-0.2, -0.15) is 0 Å². The molecule has 3 fully saturated rings. The van der Waals surface area contributed by atoms with Crippen molar-refractivity contribution in [1.29, 1.82) is 0 Å². The summed E-state index contributed by atoms with van der Waals surface area (Å²) in [5.41, 5.74) is 0. The molecule has 0 spiro atoms. The van der Waals surface area contributed by atoms with Crippen LogP contribution in [0.2, 0.25) is 0 Å².